The van der Waals surface area contributed by atoms with Crippen molar-refractivity contribution in [2.45, 2.75) is 13.0 Å². The average Bonchev–Trinajstić information content (AvgIpc) is 2.96. The van der Waals surface area contributed by atoms with E-state index in [1.807, 2.05) is 24.3 Å². The molecule has 0 bridgehead atoms. The maximum atomic E-state index is 13.6. The number of aromatic nitrogens is 2. The molecule has 5 nitrogen and oxygen atoms in total. The molecule has 0 fully saturated rings. The molecule has 23 heavy (non-hydrogen) atoms. The third-order valence-corrected chi connectivity index (χ3v) is 3.47. The molecule has 3 rings (SSSR count). The first-order valence-corrected chi connectivity index (χ1v) is 7.18. The molecule has 2 aromatic carbocycles. The summed E-state index contributed by atoms with van der Waals surface area (Å²) in [6.07, 6.45) is 0.0984. The van der Waals surface area contributed by atoms with E-state index in [0.717, 1.165) is 11.0 Å². The molecule has 0 atom stereocenters. The van der Waals surface area contributed by atoms with Crippen molar-refractivity contribution in [3.05, 3.63) is 59.7 Å². The summed E-state index contributed by atoms with van der Waals surface area (Å²) in [6, 6.07) is 12.1. The van der Waals surface area contributed by atoms with Crippen LogP contribution in [0.4, 0.5) is 4.39 Å². The van der Waals surface area contributed by atoms with Crippen molar-refractivity contribution < 1.29 is 13.9 Å². The van der Waals surface area contributed by atoms with Gasteiger partial charge in [0.15, 0.2) is 11.6 Å². The minimum absolute atomic E-state index is 0.0984. The second-order valence-corrected chi connectivity index (χ2v) is 5.12. The van der Waals surface area contributed by atoms with Crippen LogP contribution in [-0.4, -0.2) is 23.0 Å². The van der Waals surface area contributed by atoms with Crippen LogP contribution in [0.15, 0.2) is 42.5 Å². The summed E-state index contributed by atoms with van der Waals surface area (Å²) in [4.78, 5) is 19.5. The van der Waals surface area contributed by atoms with E-state index < -0.39 is 5.82 Å². The quantitative estimate of drug-likeness (QED) is 0.761. The molecule has 2 N–H and O–H groups in total. The summed E-state index contributed by atoms with van der Waals surface area (Å²) >= 11 is 0. The fraction of sp³-hybridized carbons (Fsp3) is 0.176. The smallest absolute Gasteiger partial charge is 0.224 e. The fourth-order valence-electron chi connectivity index (χ4n) is 2.34. The van der Waals surface area contributed by atoms with Crippen LogP contribution < -0.4 is 10.1 Å². The van der Waals surface area contributed by atoms with E-state index in [2.05, 4.69) is 15.3 Å². The standard InChI is InChI=1S/C17H16FN3O2/c1-23-15-7-6-11(8-12(15)18)9-17(22)19-10-16-20-13-4-2-3-5-14(13)21-16/h2-8H,9-10H2,1H3,(H,19,22)(H,20,21). The van der Waals surface area contributed by atoms with Crippen LogP contribution in [0, 0.1) is 5.82 Å². The Morgan fingerprint density at radius 3 is 2.87 bits per heavy atom. The van der Waals surface area contributed by atoms with Gasteiger partial charge in [-0.15, -0.1) is 0 Å². The van der Waals surface area contributed by atoms with Crippen molar-refractivity contribution in [1.29, 1.82) is 0 Å². The van der Waals surface area contributed by atoms with Crippen LogP contribution in [0.1, 0.15) is 11.4 Å². The first-order chi connectivity index (χ1) is 11.2. The molecule has 0 unspecified atom stereocenters. The van der Waals surface area contributed by atoms with Crippen LogP contribution in [0.2, 0.25) is 0 Å². The highest BCUT2D eigenvalue weighted by Gasteiger charge is 2.09. The number of halogens is 1. The lowest BCUT2D eigenvalue weighted by Gasteiger charge is -2.06. The average molecular weight is 313 g/mol. The van der Waals surface area contributed by atoms with E-state index in [4.69, 9.17) is 4.74 Å². The van der Waals surface area contributed by atoms with Gasteiger partial charge in [0, 0.05) is 0 Å². The van der Waals surface area contributed by atoms with E-state index in [-0.39, 0.29) is 18.1 Å². The Labute approximate surface area is 132 Å². The minimum Gasteiger partial charge on any atom is -0.494 e. The van der Waals surface area contributed by atoms with Gasteiger partial charge in [0.05, 0.1) is 31.1 Å². The number of H-pyrrole nitrogens is 1. The third-order valence-electron chi connectivity index (χ3n) is 3.47. The number of methoxy groups -OCH3 is 1. The van der Waals surface area contributed by atoms with Crippen molar-refractivity contribution in [2.75, 3.05) is 7.11 Å². The largest absolute Gasteiger partial charge is 0.494 e. The zero-order chi connectivity index (χ0) is 16.2. The van der Waals surface area contributed by atoms with Gasteiger partial charge in [0.25, 0.3) is 0 Å². The first-order valence-electron chi connectivity index (χ1n) is 7.18. The maximum Gasteiger partial charge on any atom is 0.224 e. The maximum absolute atomic E-state index is 13.6. The molecule has 0 spiro atoms. The molecule has 1 amide bonds. The van der Waals surface area contributed by atoms with Gasteiger partial charge in [-0.3, -0.25) is 4.79 Å². The Kier molecular flexibility index (Phi) is 4.23. The predicted molar refractivity (Wildman–Crippen MR) is 84.6 cm³/mol. The molecule has 0 aliphatic rings. The van der Waals surface area contributed by atoms with Crippen molar-refractivity contribution >= 4 is 16.9 Å². The lowest BCUT2D eigenvalue weighted by molar-refractivity contribution is -0.120. The summed E-state index contributed by atoms with van der Waals surface area (Å²) in [5.74, 6) is 0.169. The number of carbonyl (C=O) groups is 1. The predicted octanol–water partition coefficient (Wildman–Crippen LogP) is 2.57. The summed E-state index contributed by atoms with van der Waals surface area (Å²) < 4.78 is 18.4. The molecular weight excluding hydrogens is 297 g/mol. The SMILES string of the molecule is COc1ccc(CC(=O)NCc2nc3ccccc3[nH]2)cc1F. The minimum atomic E-state index is -0.477. The van der Waals surface area contributed by atoms with Crippen molar-refractivity contribution in [1.82, 2.24) is 15.3 Å². The van der Waals surface area contributed by atoms with Gasteiger partial charge in [-0.1, -0.05) is 18.2 Å². The van der Waals surface area contributed by atoms with E-state index in [1.165, 1.54) is 19.2 Å². The van der Waals surface area contributed by atoms with Gasteiger partial charge in [-0.25, -0.2) is 9.37 Å². The summed E-state index contributed by atoms with van der Waals surface area (Å²) in [7, 11) is 1.40. The number of carbonyl (C=O) groups excluding carboxylic acids is 1. The van der Waals surface area contributed by atoms with Gasteiger partial charge in [0.2, 0.25) is 5.91 Å². The highest BCUT2D eigenvalue weighted by molar-refractivity contribution is 5.79. The zero-order valence-electron chi connectivity index (χ0n) is 12.6. The fourth-order valence-corrected chi connectivity index (χ4v) is 2.34. The van der Waals surface area contributed by atoms with Gasteiger partial charge in [-0.2, -0.15) is 0 Å². The van der Waals surface area contributed by atoms with Gasteiger partial charge in [0.1, 0.15) is 5.82 Å². The molecule has 0 saturated heterocycles. The number of hydrogen-bond donors (Lipinski definition) is 2. The monoisotopic (exact) mass is 313 g/mol. The number of nitrogens with one attached hydrogen (secondary N) is 2. The number of para-hydroxylation sites is 2. The van der Waals surface area contributed by atoms with Crippen molar-refractivity contribution in [3.63, 3.8) is 0 Å². The summed E-state index contributed by atoms with van der Waals surface area (Å²) in [6.45, 7) is 0.298. The lowest BCUT2D eigenvalue weighted by Crippen LogP contribution is -2.25. The van der Waals surface area contributed by atoms with Crippen molar-refractivity contribution in [3.8, 4) is 5.75 Å². The van der Waals surface area contributed by atoms with E-state index in [1.54, 1.807) is 6.07 Å². The molecule has 1 heterocycles. The number of amides is 1. The van der Waals surface area contributed by atoms with Crippen LogP contribution >= 0.6 is 0 Å². The molecule has 3 aromatic rings. The molecule has 0 radical (unpaired) electrons. The molecular formula is C17H16FN3O2. The number of imidazole rings is 1. The Bertz CT molecular complexity index is 812. The highest BCUT2D eigenvalue weighted by atomic mass is 19.1. The van der Waals surface area contributed by atoms with E-state index >= 15 is 0 Å². The Morgan fingerprint density at radius 1 is 1.30 bits per heavy atom. The number of rotatable bonds is 5. The number of benzene rings is 2. The van der Waals surface area contributed by atoms with E-state index in [9.17, 15) is 9.18 Å². The Hall–Kier alpha value is -2.89. The Morgan fingerprint density at radius 2 is 2.13 bits per heavy atom. The Balaban J connectivity index is 1.60. The second-order valence-electron chi connectivity index (χ2n) is 5.12. The number of nitrogens with zero attached hydrogens (tertiary/aromatic N) is 1. The topological polar surface area (TPSA) is 67.0 Å². The number of hydrogen-bond acceptors (Lipinski definition) is 3. The molecule has 0 aliphatic heterocycles. The normalized spacial score (nSPS) is 10.7. The van der Waals surface area contributed by atoms with E-state index in [0.29, 0.717) is 17.9 Å². The molecule has 1 aromatic heterocycles. The van der Waals surface area contributed by atoms with Crippen LogP contribution in [0.5, 0.6) is 5.75 Å². The molecule has 118 valence electrons. The number of ether oxygens (including phenoxy) is 1. The first kappa shape index (κ1) is 15.0. The van der Waals surface area contributed by atoms with Crippen LogP contribution in [0.25, 0.3) is 11.0 Å². The zero-order valence-corrected chi connectivity index (χ0v) is 12.6. The second kappa shape index (κ2) is 6.48. The highest BCUT2D eigenvalue weighted by Crippen LogP contribution is 2.18. The number of fused-ring (bicyclic) bond motifs is 1. The molecule has 0 saturated carbocycles. The molecule has 0 aliphatic carbocycles. The lowest BCUT2D eigenvalue weighted by atomic mass is 10.1. The van der Waals surface area contributed by atoms with Gasteiger partial charge >= 0.3 is 0 Å². The van der Waals surface area contributed by atoms with Crippen LogP contribution in [-0.2, 0) is 17.8 Å². The third kappa shape index (κ3) is 3.48. The molecule has 6 heteroatoms. The van der Waals surface area contributed by atoms with Gasteiger partial charge < -0.3 is 15.0 Å². The summed E-state index contributed by atoms with van der Waals surface area (Å²) in [5.41, 5.74) is 2.37. The number of aromatic amines is 1. The van der Waals surface area contributed by atoms with Crippen LogP contribution in [0.3, 0.4) is 0 Å². The van der Waals surface area contributed by atoms with Crippen molar-refractivity contribution in [2.24, 2.45) is 0 Å². The summed E-state index contributed by atoms with van der Waals surface area (Å²) in [5, 5.41) is 2.77. The van der Waals surface area contributed by atoms with Gasteiger partial charge in [-0.05, 0) is 29.8 Å².